The van der Waals surface area contributed by atoms with Crippen molar-refractivity contribution in [1.29, 1.82) is 0 Å². The van der Waals surface area contributed by atoms with E-state index in [4.69, 9.17) is 4.74 Å². The summed E-state index contributed by atoms with van der Waals surface area (Å²) in [6.07, 6.45) is 1.22. The first-order valence-corrected chi connectivity index (χ1v) is 9.53. The molecule has 0 spiro atoms. The van der Waals surface area contributed by atoms with Crippen LogP contribution in [0.4, 0.5) is 0 Å². The van der Waals surface area contributed by atoms with E-state index in [-0.39, 0.29) is 18.8 Å². The maximum absolute atomic E-state index is 9.62. The Labute approximate surface area is 148 Å². The molecule has 1 saturated heterocycles. The van der Waals surface area contributed by atoms with Crippen molar-refractivity contribution >= 4 is 11.3 Å². The molecule has 130 valence electrons. The maximum atomic E-state index is 9.62. The van der Waals surface area contributed by atoms with E-state index in [9.17, 15) is 5.11 Å². The highest BCUT2D eigenvalue weighted by Crippen LogP contribution is 2.16. The lowest BCUT2D eigenvalue weighted by atomic mass is 10.1. The van der Waals surface area contributed by atoms with Crippen molar-refractivity contribution in [2.24, 2.45) is 0 Å². The fourth-order valence-corrected chi connectivity index (χ4v) is 3.83. The van der Waals surface area contributed by atoms with Gasteiger partial charge in [0.25, 0.3) is 0 Å². The normalized spacial score (nSPS) is 20.6. The summed E-state index contributed by atoms with van der Waals surface area (Å²) in [7, 11) is 0. The Balaban J connectivity index is 1.53. The molecule has 5 heteroatoms. The minimum absolute atomic E-state index is 0.00863. The molecule has 2 N–H and O–H groups in total. The van der Waals surface area contributed by atoms with E-state index in [0.29, 0.717) is 0 Å². The zero-order chi connectivity index (χ0) is 16.6. The molecule has 1 aliphatic heterocycles. The quantitative estimate of drug-likeness (QED) is 0.809. The number of nitrogens with one attached hydrogen (secondary N) is 1. The van der Waals surface area contributed by atoms with E-state index in [0.717, 1.165) is 44.8 Å². The van der Waals surface area contributed by atoms with Crippen molar-refractivity contribution in [2.45, 2.75) is 25.1 Å². The summed E-state index contributed by atoms with van der Waals surface area (Å²) >= 11 is 1.66. The average molecular weight is 346 g/mol. The van der Waals surface area contributed by atoms with E-state index >= 15 is 0 Å². The lowest BCUT2D eigenvalue weighted by Crippen LogP contribution is -2.39. The van der Waals surface area contributed by atoms with Gasteiger partial charge in [0.15, 0.2) is 0 Å². The summed E-state index contributed by atoms with van der Waals surface area (Å²) in [5.41, 5.74) is 2.50. The number of ether oxygens (including phenoxy) is 1. The molecule has 3 rings (SSSR count). The number of nitrogens with zero attached hydrogens (tertiary/aromatic N) is 1. The van der Waals surface area contributed by atoms with Crippen LogP contribution in [-0.2, 0) is 11.3 Å². The van der Waals surface area contributed by atoms with Crippen LogP contribution < -0.4 is 5.32 Å². The van der Waals surface area contributed by atoms with Gasteiger partial charge >= 0.3 is 0 Å². The Hall–Kier alpha value is -1.24. The number of benzene rings is 1. The summed E-state index contributed by atoms with van der Waals surface area (Å²) < 4.78 is 6.00. The summed E-state index contributed by atoms with van der Waals surface area (Å²) in [6, 6.07) is 12.7. The van der Waals surface area contributed by atoms with Crippen LogP contribution in [-0.4, -0.2) is 49.0 Å². The zero-order valence-electron chi connectivity index (χ0n) is 13.9. The first-order chi connectivity index (χ1) is 11.8. The van der Waals surface area contributed by atoms with Gasteiger partial charge in [0.2, 0.25) is 0 Å². The van der Waals surface area contributed by atoms with Gasteiger partial charge in [0.05, 0.1) is 18.8 Å². The van der Waals surface area contributed by atoms with E-state index in [1.807, 2.05) is 5.38 Å². The molecule has 0 saturated carbocycles. The van der Waals surface area contributed by atoms with Crippen LogP contribution in [0.1, 0.15) is 23.6 Å². The third kappa shape index (κ3) is 5.13. The Bertz CT molecular complexity index is 576. The topological polar surface area (TPSA) is 44.7 Å². The van der Waals surface area contributed by atoms with Crippen LogP contribution in [0.15, 0.2) is 47.2 Å². The second-order valence-corrected chi connectivity index (χ2v) is 7.05. The Kier molecular flexibility index (Phi) is 6.81. The Morgan fingerprint density at radius 3 is 2.92 bits per heavy atom. The van der Waals surface area contributed by atoms with Gasteiger partial charge in [0.1, 0.15) is 0 Å². The van der Waals surface area contributed by atoms with Crippen LogP contribution in [0.25, 0.3) is 0 Å². The lowest BCUT2D eigenvalue weighted by molar-refractivity contribution is 0.0497. The van der Waals surface area contributed by atoms with Gasteiger partial charge in [-0.25, -0.2) is 0 Å². The number of hydrogen-bond acceptors (Lipinski definition) is 5. The van der Waals surface area contributed by atoms with Crippen LogP contribution in [0.2, 0.25) is 0 Å². The Morgan fingerprint density at radius 2 is 2.17 bits per heavy atom. The molecule has 24 heavy (non-hydrogen) atoms. The van der Waals surface area contributed by atoms with Crippen molar-refractivity contribution in [3.8, 4) is 0 Å². The molecule has 1 fully saturated rings. The summed E-state index contributed by atoms with van der Waals surface area (Å²) in [5, 5.41) is 17.2. The van der Waals surface area contributed by atoms with Crippen molar-refractivity contribution in [1.82, 2.24) is 10.2 Å². The summed E-state index contributed by atoms with van der Waals surface area (Å²) in [4.78, 5) is 2.47. The van der Waals surface area contributed by atoms with Crippen LogP contribution in [0.3, 0.4) is 0 Å². The molecule has 1 aromatic carbocycles. The highest BCUT2D eigenvalue weighted by atomic mass is 32.1. The summed E-state index contributed by atoms with van der Waals surface area (Å²) in [5.74, 6) is 0. The standard InChI is InChI=1S/C19H26N2O2S/c22-14-19(17-7-10-24-15-17)20-11-18-13-21(8-4-9-23-18)12-16-5-2-1-3-6-16/h1-3,5-7,10,15,18-20,22H,4,8-9,11-14H2/t18-,19+/m0/s1. The van der Waals surface area contributed by atoms with Crippen molar-refractivity contribution in [3.63, 3.8) is 0 Å². The first kappa shape index (κ1) is 17.6. The van der Waals surface area contributed by atoms with Crippen LogP contribution >= 0.6 is 11.3 Å². The number of rotatable bonds is 7. The number of aliphatic hydroxyl groups is 1. The maximum Gasteiger partial charge on any atom is 0.0826 e. The molecule has 0 radical (unpaired) electrons. The molecule has 1 aromatic heterocycles. The predicted molar refractivity (Wildman–Crippen MR) is 98.2 cm³/mol. The first-order valence-electron chi connectivity index (χ1n) is 8.59. The van der Waals surface area contributed by atoms with Gasteiger partial charge in [-0.1, -0.05) is 30.3 Å². The summed E-state index contributed by atoms with van der Waals surface area (Å²) in [6.45, 7) is 4.63. The predicted octanol–water partition coefficient (Wildman–Crippen LogP) is 2.66. The number of aliphatic hydroxyl groups excluding tert-OH is 1. The SMILES string of the molecule is OC[C@@H](NC[C@H]1CN(Cc2ccccc2)CCCO1)c1ccsc1. The van der Waals surface area contributed by atoms with Crippen molar-refractivity contribution in [2.75, 3.05) is 32.8 Å². The second kappa shape index (κ2) is 9.30. The third-order valence-electron chi connectivity index (χ3n) is 4.40. The number of hydrogen-bond donors (Lipinski definition) is 2. The average Bonchev–Trinajstić information content (AvgIpc) is 3.05. The molecule has 1 aliphatic rings. The highest BCUT2D eigenvalue weighted by Gasteiger charge is 2.20. The molecule has 0 unspecified atom stereocenters. The Morgan fingerprint density at radius 1 is 1.29 bits per heavy atom. The molecule has 0 bridgehead atoms. The van der Waals surface area contributed by atoms with Gasteiger partial charge in [-0.05, 0) is 34.4 Å². The largest absolute Gasteiger partial charge is 0.394 e. The fraction of sp³-hybridized carbons (Fsp3) is 0.474. The monoisotopic (exact) mass is 346 g/mol. The van der Waals surface area contributed by atoms with Gasteiger partial charge in [-0.15, -0.1) is 0 Å². The van der Waals surface area contributed by atoms with Gasteiger partial charge in [0, 0.05) is 32.8 Å². The molecular formula is C19H26N2O2S. The zero-order valence-corrected chi connectivity index (χ0v) is 14.8. The fourth-order valence-electron chi connectivity index (χ4n) is 3.11. The molecule has 2 aromatic rings. The molecule has 2 heterocycles. The van der Waals surface area contributed by atoms with E-state index in [1.54, 1.807) is 11.3 Å². The molecule has 4 nitrogen and oxygen atoms in total. The van der Waals surface area contributed by atoms with E-state index < -0.39 is 0 Å². The number of thiophene rings is 1. The molecule has 2 atom stereocenters. The molecular weight excluding hydrogens is 320 g/mol. The molecule has 0 amide bonds. The minimum Gasteiger partial charge on any atom is -0.394 e. The van der Waals surface area contributed by atoms with Crippen molar-refractivity contribution < 1.29 is 9.84 Å². The third-order valence-corrected chi connectivity index (χ3v) is 5.10. The van der Waals surface area contributed by atoms with Gasteiger partial charge < -0.3 is 15.2 Å². The van der Waals surface area contributed by atoms with Crippen LogP contribution in [0.5, 0.6) is 0 Å². The highest BCUT2D eigenvalue weighted by molar-refractivity contribution is 7.07. The van der Waals surface area contributed by atoms with Crippen molar-refractivity contribution in [3.05, 3.63) is 58.3 Å². The van der Waals surface area contributed by atoms with E-state index in [2.05, 4.69) is 52.0 Å². The molecule has 0 aliphatic carbocycles. The smallest absolute Gasteiger partial charge is 0.0826 e. The van der Waals surface area contributed by atoms with Gasteiger partial charge in [-0.3, -0.25) is 4.90 Å². The van der Waals surface area contributed by atoms with Crippen LogP contribution in [0, 0.1) is 0 Å². The lowest BCUT2D eigenvalue weighted by Gasteiger charge is -2.25. The second-order valence-electron chi connectivity index (χ2n) is 6.27. The van der Waals surface area contributed by atoms with Gasteiger partial charge in [-0.2, -0.15) is 11.3 Å². The minimum atomic E-state index is -0.00863. The van der Waals surface area contributed by atoms with E-state index in [1.165, 1.54) is 5.56 Å².